The average molecular weight is 330 g/mol. The van der Waals surface area contributed by atoms with Gasteiger partial charge in [0.1, 0.15) is 5.82 Å². The van der Waals surface area contributed by atoms with E-state index in [9.17, 15) is 19.3 Å². The van der Waals surface area contributed by atoms with Gasteiger partial charge in [-0.1, -0.05) is 24.3 Å². The molecule has 0 aliphatic heterocycles. The number of hydrogen-bond acceptors (Lipinski definition) is 4. The second kappa shape index (κ2) is 6.66. The van der Waals surface area contributed by atoms with Gasteiger partial charge in [-0.15, -0.1) is 0 Å². The van der Waals surface area contributed by atoms with Crippen molar-refractivity contribution in [3.63, 3.8) is 0 Å². The zero-order chi connectivity index (χ0) is 17.1. The maximum absolute atomic E-state index is 13.1. The van der Waals surface area contributed by atoms with Gasteiger partial charge in [-0.3, -0.25) is 14.9 Å². The Hall–Kier alpha value is -2.96. The highest BCUT2D eigenvalue weighted by atomic mass is 19.1. The molecule has 0 radical (unpaired) electrons. The van der Waals surface area contributed by atoms with Crippen LogP contribution in [0, 0.1) is 15.9 Å². The lowest BCUT2D eigenvalue weighted by atomic mass is 10.1. The second-order valence-electron chi connectivity index (χ2n) is 5.56. The summed E-state index contributed by atoms with van der Waals surface area (Å²) in [4.78, 5) is 23.0. The van der Waals surface area contributed by atoms with Crippen molar-refractivity contribution in [1.29, 1.82) is 0 Å². The number of nitrogens with zero attached hydrogens (tertiary/aromatic N) is 1. The number of halogens is 1. The minimum atomic E-state index is -1.09. The van der Waals surface area contributed by atoms with E-state index in [4.69, 9.17) is 4.74 Å². The summed E-state index contributed by atoms with van der Waals surface area (Å²) in [5.74, 6) is -0.851. The molecule has 2 aromatic carbocycles. The zero-order valence-corrected chi connectivity index (χ0v) is 12.6. The number of benzene rings is 2. The number of carbonyl (C=O) groups excluding carboxylic acids is 1. The molecule has 2 aromatic rings. The summed E-state index contributed by atoms with van der Waals surface area (Å²) in [5, 5.41) is 13.9. The number of rotatable bonds is 6. The van der Waals surface area contributed by atoms with Gasteiger partial charge in [-0.05, 0) is 31.0 Å². The van der Waals surface area contributed by atoms with Gasteiger partial charge < -0.3 is 10.1 Å². The average Bonchev–Trinajstić information content (AvgIpc) is 3.37. The molecule has 6 nitrogen and oxygen atoms in total. The summed E-state index contributed by atoms with van der Waals surface area (Å²) >= 11 is 0. The summed E-state index contributed by atoms with van der Waals surface area (Å²) in [6, 6.07) is 11.2. The third kappa shape index (κ3) is 3.68. The molecule has 1 amide bonds. The number of nitro benzene ring substituents is 1. The Bertz CT molecular complexity index is 759. The lowest BCUT2D eigenvalue weighted by Crippen LogP contribution is -2.34. The minimum Gasteiger partial charge on any atom is -0.469 e. The quantitative estimate of drug-likeness (QED) is 0.652. The Labute approximate surface area is 137 Å². The molecule has 1 fully saturated rings. The number of hydrogen-bond donors (Lipinski definition) is 1. The van der Waals surface area contributed by atoms with Crippen LogP contribution in [0.1, 0.15) is 24.5 Å². The van der Waals surface area contributed by atoms with Gasteiger partial charge in [0, 0.05) is 17.7 Å². The summed E-state index contributed by atoms with van der Waals surface area (Å²) in [7, 11) is 0. The van der Waals surface area contributed by atoms with E-state index in [0.717, 1.165) is 12.8 Å². The molecule has 1 saturated carbocycles. The van der Waals surface area contributed by atoms with Crippen LogP contribution in [0.15, 0.2) is 48.5 Å². The van der Waals surface area contributed by atoms with Crippen molar-refractivity contribution in [3.05, 3.63) is 70.0 Å². The minimum absolute atomic E-state index is 0.0113. The Morgan fingerprint density at radius 1 is 1.21 bits per heavy atom. The van der Waals surface area contributed by atoms with Gasteiger partial charge in [-0.2, -0.15) is 0 Å². The van der Waals surface area contributed by atoms with Crippen LogP contribution in [-0.2, 0) is 4.79 Å². The van der Waals surface area contributed by atoms with Crippen molar-refractivity contribution in [1.82, 2.24) is 5.32 Å². The molecule has 0 bridgehead atoms. The van der Waals surface area contributed by atoms with Crippen LogP contribution < -0.4 is 10.1 Å². The number of ether oxygens (including phenoxy) is 1. The Kier molecular flexibility index (Phi) is 4.41. The molecule has 0 spiro atoms. The van der Waals surface area contributed by atoms with Crippen molar-refractivity contribution in [2.24, 2.45) is 0 Å². The lowest BCUT2D eigenvalue weighted by molar-refractivity contribution is -0.386. The standard InChI is InChI=1S/C17H15FN2O4/c18-12-7-5-11(6-8-12)16(17(21)19-13-9-10-13)24-15-4-2-1-3-14(15)20(22)23/h1-8,13,16H,9-10H2,(H,19,21)/t16-/m1/s1. The molecular weight excluding hydrogens is 315 g/mol. The number of nitrogens with one attached hydrogen (secondary N) is 1. The fourth-order valence-corrected chi connectivity index (χ4v) is 2.25. The molecule has 1 atom stereocenters. The van der Waals surface area contributed by atoms with Crippen LogP contribution >= 0.6 is 0 Å². The first-order valence-electron chi connectivity index (χ1n) is 7.50. The molecular formula is C17H15FN2O4. The zero-order valence-electron chi connectivity index (χ0n) is 12.6. The molecule has 0 heterocycles. The van der Waals surface area contributed by atoms with Crippen LogP contribution in [0.4, 0.5) is 10.1 Å². The molecule has 124 valence electrons. The highest BCUT2D eigenvalue weighted by molar-refractivity contribution is 5.83. The van der Waals surface area contributed by atoms with Crippen molar-refractivity contribution in [2.75, 3.05) is 0 Å². The second-order valence-corrected chi connectivity index (χ2v) is 5.56. The molecule has 7 heteroatoms. The van der Waals surface area contributed by atoms with Gasteiger partial charge in [-0.25, -0.2) is 4.39 Å². The van der Waals surface area contributed by atoms with Crippen molar-refractivity contribution >= 4 is 11.6 Å². The first kappa shape index (κ1) is 15.9. The molecule has 3 rings (SSSR count). The van der Waals surface area contributed by atoms with E-state index in [1.54, 1.807) is 6.07 Å². The SMILES string of the molecule is O=C(NC1CC1)[C@H](Oc1ccccc1[N+](=O)[O-])c1ccc(F)cc1. The van der Waals surface area contributed by atoms with Crippen molar-refractivity contribution in [2.45, 2.75) is 25.0 Å². The Balaban J connectivity index is 1.91. The van der Waals surface area contributed by atoms with Crippen molar-refractivity contribution in [3.8, 4) is 5.75 Å². The largest absolute Gasteiger partial charge is 0.469 e. The predicted molar refractivity (Wildman–Crippen MR) is 84.0 cm³/mol. The summed E-state index contributed by atoms with van der Waals surface area (Å²) in [6.07, 6.45) is 0.702. The van der Waals surface area contributed by atoms with Crippen molar-refractivity contribution < 1.29 is 18.8 Å². The number of para-hydroxylation sites is 2. The predicted octanol–water partition coefficient (Wildman–Crippen LogP) is 3.13. The first-order valence-corrected chi connectivity index (χ1v) is 7.50. The third-order valence-corrected chi connectivity index (χ3v) is 3.64. The normalized spacial score (nSPS) is 14.7. The van der Waals surface area contributed by atoms with Crippen LogP contribution in [0.5, 0.6) is 5.75 Å². The molecule has 1 aliphatic rings. The van der Waals surface area contributed by atoms with E-state index in [-0.39, 0.29) is 17.5 Å². The summed E-state index contributed by atoms with van der Waals surface area (Å²) in [6.45, 7) is 0. The first-order chi connectivity index (χ1) is 11.5. The van der Waals surface area contributed by atoms with Gasteiger partial charge >= 0.3 is 5.69 Å². The number of amides is 1. The maximum atomic E-state index is 13.1. The fourth-order valence-electron chi connectivity index (χ4n) is 2.25. The van der Waals surface area contributed by atoms with Gasteiger partial charge in [0.25, 0.3) is 5.91 Å². The molecule has 0 saturated heterocycles. The molecule has 1 aliphatic carbocycles. The Morgan fingerprint density at radius 2 is 1.88 bits per heavy atom. The van der Waals surface area contributed by atoms with Crippen LogP contribution in [0.3, 0.4) is 0 Å². The number of nitro groups is 1. The van der Waals surface area contributed by atoms with Crippen LogP contribution in [-0.4, -0.2) is 16.9 Å². The van der Waals surface area contributed by atoms with E-state index >= 15 is 0 Å². The summed E-state index contributed by atoms with van der Waals surface area (Å²) in [5.41, 5.74) is 0.191. The third-order valence-electron chi connectivity index (χ3n) is 3.64. The molecule has 1 N–H and O–H groups in total. The van der Waals surface area contributed by atoms with E-state index in [0.29, 0.717) is 5.56 Å². The van der Waals surface area contributed by atoms with E-state index in [1.807, 2.05) is 0 Å². The van der Waals surface area contributed by atoms with Gasteiger partial charge in [0.05, 0.1) is 4.92 Å². The fraction of sp³-hybridized carbons (Fsp3) is 0.235. The topological polar surface area (TPSA) is 81.5 Å². The lowest BCUT2D eigenvalue weighted by Gasteiger charge is -2.19. The van der Waals surface area contributed by atoms with Crippen LogP contribution in [0.25, 0.3) is 0 Å². The van der Waals surface area contributed by atoms with E-state index < -0.39 is 22.8 Å². The number of carbonyl (C=O) groups is 1. The molecule has 0 aromatic heterocycles. The highest BCUT2D eigenvalue weighted by Gasteiger charge is 2.31. The van der Waals surface area contributed by atoms with E-state index in [2.05, 4.69) is 5.32 Å². The van der Waals surface area contributed by atoms with Crippen LogP contribution in [0.2, 0.25) is 0 Å². The maximum Gasteiger partial charge on any atom is 0.310 e. The Morgan fingerprint density at radius 3 is 2.50 bits per heavy atom. The van der Waals surface area contributed by atoms with E-state index in [1.165, 1.54) is 42.5 Å². The molecule has 0 unspecified atom stereocenters. The monoisotopic (exact) mass is 330 g/mol. The molecule has 24 heavy (non-hydrogen) atoms. The summed E-state index contributed by atoms with van der Waals surface area (Å²) < 4.78 is 18.8. The van der Waals surface area contributed by atoms with Gasteiger partial charge in [0.2, 0.25) is 6.10 Å². The smallest absolute Gasteiger partial charge is 0.310 e. The highest BCUT2D eigenvalue weighted by Crippen LogP contribution is 2.31. The van der Waals surface area contributed by atoms with Gasteiger partial charge in [0.15, 0.2) is 5.75 Å².